The molecule has 0 radical (unpaired) electrons. The Morgan fingerprint density at radius 2 is 1.72 bits per heavy atom. The van der Waals surface area contributed by atoms with E-state index in [0.29, 0.717) is 20.5 Å². The molecule has 1 N–H and O–H groups in total. The number of aliphatic hydroxyl groups is 1. The van der Waals surface area contributed by atoms with Gasteiger partial charge in [-0.05, 0) is 55.6 Å². The lowest BCUT2D eigenvalue weighted by Gasteiger charge is -2.07. The Labute approximate surface area is 119 Å². The Morgan fingerprint density at radius 3 is 2.22 bits per heavy atom. The van der Waals surface area contributed by atoms with E-state index >= 15 is 0 Å². The van der Waals surface area contributed by atoms with Gasteiger partial charge in [0.15, 0.2) is 4.67 Å². The molecule has 2 nitrogen and oxygen atoms in total. The van der Waals surface area contributed by atoms with Gasteiger partial charge in [0.05, 0.1) is 4.47 Å². The van der Waals surface area contributed by atoms with E-state index in [4.69, 9.17) is 4.42 Å². The summed E-state index contributed by atoms with van der Waals surface area (Å²) in [7, 11) is 0. The van der Waals surface area contributed by atoms with E-state index in [1.165, 1.54) is 12.1 Å². The molecule has 1 atom stereocenters. The summed E-state index contributed by atoms with van der Waals surface area (Å²) in [4.78, 5) is 0. The number of aliphatic hydroxyl groups excluding tert-OH is 1. The first-order chi connectivity index (χ1) is 8.45. The molecule has 2 aromatic rings. The summed E-state index contributed by atoms with van der Waals surface area (Å²) >= 11 is 6.37. The van der Waals surface area contributed by atoms with E-state index in [2.05, 4.69) is 31.9 Å². The molecule has 0 saturated heterocycles. The van der Waals surface area contributed by atoms with Crippen LogP contribution in [-0.2, 0) is 6.42 Å². The van der Waals surface area contributed by atoms with Gasteiger partial charge in [-0.25, -0.2) is 8.78 Å². The van der Waals surface area contributed by atoms with Crippen molar-refractivity contribution in [3.05, 3.63) is 56.4 Å². The van der Waals surface area contributed by atoms with Crippen molar-refractivity contribution >= 4 is 31.9 Å². The van der Waals surface area contributed by atoms with Crippen LogP contribution in [-0.4, -0.2) is 5.11 Å². The van der Waals surface area contributed by atoms with E-state index in [0.717, 1.165) is 6.07 Å². The number of halogens is 4. The first-order valence-electron chi connectivity index (χ1n) is 5.03. The smallest absolute Gasteiger partial charge is 0.183 e. The van der Waals surface area contributed by atoms with Gasteiger partial charge in [0.1, 0.15) is 23.5 Å². The summed E-state index contributed by atoms with van der Waals surface area (Å²) in [6.45, 7) is 0. The number of rotatable bonds is 3. The van der Waals surface area contributed by atoms with E-state index in [-0.39, 0.29) is 6.42 Å². The SMILES string of the molecule is OC(Cc1cc(F)cc(F)c1)c1cc(Br)c(Br)o1. The molecule has 0 saturated carbocycles. The van der Waals surface area contributed by atoms with Gasteiger partial charge in [-0.3, -0.25) is 0 Å². The zero-order chi connectivity index (χ0) is 13.3. The summed E-state index contributed by atoms with van der Waals surface area (Å²) in [5, 5.41) is 9.91. The lowest BCUT2D eigenvalue weighted by Crippen LogP contribution is -2.01. The van der Waals surface area contributed by atoms with Gasteiger partial charge in [0.25, 0.3) is 0 Å². The number of hydrogen-bond acceptors (Lipinski definition) is 2. The Bertz CT molecular complexity index is 529. The minimum absolute atomic E-state index is 0.0705. The third-order valence-electron chi connectivity index (χ3n) is 2.34. The van der Waals surface area contributed by atoms with Gasteiger partial charge in [0.2, 0.25) is 0 Å². The topological polar surface area (TPSA) is 33.4 Å². The summed E-state index contributed by atoms with van der Waals surface area (Å²) in [5.41, 5.74) is 0.364. The second-order valence-electron chi connectivity index (χ2n) is 3.77. The van der Waals surface area contributed by atoms with Crippen LogP contribution in [0.4, 0.5) is 8.78 Å². The third-order valence-corrected chi connectivity index (χ3v) is 4.05. The second-order valence-corrected chi connectivity index (χ2v) is 5.34. The van der Waals surface area contributed by atoms with Crippen LogP contribution in [0.2, 0.25) is 0 Å². The summed E-state index contributed by atoms with van der Waals surface area (Å²) < 4.78 is 32.3. The number of furan rings is 1. The zero-order valence-corrected chi connectivity index (χ0v) is 12.1. The van der Waals surface area contributed by atoms with E-state index in [1.807, 2.05) is 0 Å². The molecule has 0 aliphatic carbocycles. The largest absolute Gasteiger partial charge is 0.450 e. The van der Waals surface area contributed by atoms with Crippen LogP contribution in [0.3, 0.4) is 0 Å². The third kappa shape index (κ3) is 3.18. The van der Waals surface area contributed by atoms with Crippen molar-refractivity contribution in [3.63, 3.8) is 0 Å². The quantitative estimate of drug-likeness (QED) is 0.856. The van der Waals surface area contributed by atoms with E-state index in [1.54, 1.807) is 6.07 Å². The molecule has 0 bridgehead atoms. The van der Waals surface area contributed by atoms with Crippen LogP contribution in [0.1, 0.15) is 17.4 Å². The Morgan fingerprint density at radius 1 is 1.11 bits per heavy atom. The molecule has 1 heterocycles. The average Bonchev–Trinajstić information content (AvgIpc) is 2.57. The normalized spacial score (nSPS) is 12.7. The van der Waals surface area contributed by atoms with Crippen molar-refractivity contribution < 1.29 is 18.3 Å². The van der Waals surface area contributed by atoms with Gasteiger partial charge >= 0.3 is 0 Å². The van der Waals surface area contributed by atoms with Gasteiger partial charge in [-0.1, -0.05) is 0 Å². The van der Waals surface area contributed by atoms with Crippen LogP contribution in [0.5, 0.6) is 0 Å². The van der Waals surface area contributed by atoms with Crippen molar-refractivity contribution in [2.45, 2.75) is 12.5 Å². The van der Waals surface area contributed by atoms with Gasteiger partial charge in [0, 0.05) is 12.5 Å². The Hall–Kier alpha value is -0.720. The van der Waals surface area contributed by atoms with Crippen LogP contribution >= 0.6 is 31.9 Å². The average molecular weight is 382 g/mol. The van der Waals surface area contributed by atoms with Crippen molar-refractivity contribution in [2.75, 3.05) is 0 Å². The molecule has 1 aromatic heterocycles. The van der Waals surface area contributed by atoms with Gasteiger partial charge in [-0.15, -0.1) is 0 Å². The van der Waals surface area contributed by atoms with E-state index in [9.17, 15) is 13.9 Å². The van der Waals surface area contributed by atoms with Crippen LogP contribution in [0.25, 0.3) is 0 Å². The minimum Gasteiger partial charge on any atom is -0.450 e. The highest BCUT2D eigenvalue weighted by Gasteiger charge is 2.16. The number of hydrogen-bond donors (Lipinski definition) is 1. The molecule has 0 fully saturated rings. The highest BCUT2D eigenvalue weighted by atomic mass is 79.9. The van der Waals surface area contributed by atoms with Crippen molar-refractivity contribution in [1.29, 1.82) is 0 Å². The maximum absolute atomic E-state index is 13.0. The zero-order valence-electron chi connectivity index (χ0n) is 8.96. The predicted octanol–water partition coefficient (Wildman–Crippen LogP) is 4.36. The second kappa shape index (κ2) is 5.50. The molecular formula is C12H8Br2F2O2. The van der Waals surface area contributed by atoms with Gasteiger partial charge in [-0.2, -0.15) is 0 Å². The molecule has 0 aliphatic heterocycles. The predicted molar refractivity (Wildman–Crippen MR) is 69.1 cm³/mol. The molecule has 6 heteroatoms. The van der Waals surface area contributed by atoms with Gasteiger partial charge < -0.3 is 9.52 Å². The molecule has 18 heavy (non-hydrogen) atoms. The molecule has 0 amide bonds. The molecule has 0 aliphatic rings. The van der Waals surface area contributed by atoms with Crippen LogP contribution in [0, 0.1) is 11.6 Å². The highest BCUT2D eigenvalue weighted by Crippen LogP contribution is 2.31. The number of benzene rings is 1. The molecule has 0 spiro atoms. The minimum atomic E-state index is -0.964. The first-order valence-corrected chi connectivity index (χ1v) is 6.62. The molecular weight excluding hydrogens is 374 g/mol. The molecule has 1 aromatic carbocycles. The lowest BCUT2D eigenvalue weighted by molar-refractivity contribution is 0.148. The van der Waals surface area contributed by atoms with Crippen LogP contribution in [0.15, 0.2) is 37.8 Å². The Balaban J connectivity index is 2.18. The lowest BCUT2D eigenvalue weighted by atomic mass is 10.1. The highest BCUT2D eigenvalue weighted by molar-refractivity contribution is 9.13. The Kier molecular flexibility index (Phi) is 4.19. The summed E-state index contributed by atoms with van der Waals surface area (Å²) in [6, 6.07) is 4.75. The molecule has 1 unspecified atom stereocenters. The maximum atomic E-state index is 13.0. The molecule has 96 valence electrons. The van der Waals surface area contributed by atoms with Crippen molar-refractivity contribution in [2.24, 2.45) is 0 Å². The monoisotopic (exact) mass is 380 g/mol. The first kappa shape index (κ1) is 13.7. The van der Waals surface area contributed by atoms with Crippen molar-refractivity contribution in [1.82, 2.24) is 0 Å². The fourth-order valence-corrected chi connectivity index (χ4v) is 2.19. The maximum Gasteiger partial charge on any atom is 0.183 e. The fraction of sp³-hybridized carbons (Fsp3) is 0.167. The fourth-order valence-electron chi connectivity index (χ4n) is 1.58. The summed E-state index contributed by atoms with van der Waals surface area (Å²) in [6.07, 6.45) is -0.894. The summed E-state index contributed by atoms with van der Waals surface area (Å²) in [5.74, 6) is -1.02. The van der Waals surface area contributed by atoms with Crippen LogP contribution < -0.4 is 0 Å². The van der Waals surface area contributed by atoms with Crippen molar-refractivity contribution in [3.8, 4) is 0 Å². The van der Waals surface area contributed by atoms with E-state index < -0.39 is 17.7 Å². The standard InChI is InChI=1S/C12H8Br2F2O2/c13-9-5-11(18-12(9)14)10(17)3-6-1-7(15)4-8(16)2-6/h1-2,4-5,10,17H,3H2. The molecule has 2 rings (SSSR count).